The van der Waals surface area contributed by atoms with Gasteiger partial charge in [0.05, 0.1) is 18.0 Å². The first kappa shape index (κ1) is 34.3. The van der Waals surface area contributed by atoms with Crippen molar-refractivity contribution in [2.75, 3.05) is 25.3 Å². The SMILES string of the molecule is C.COCc1oncc1C(=O)Nc1ccc(C)cc1.COCc1oncc1C(=O)O.Nc1ccc(C(F)(F)F)cc1. The number of nitrogens with one attached hydrogen (secondary N) is 1. The lowest BCUT2D eigenvalue weighted by Crippen LogP contribution is -2.13. The first-order chi connectivity index (χ1) is 19.0. The van der Waals surface area contributed by atoms with Crippen LogP contribution >= 0.6 is 0 Å². The molecule has 0 unspecified atom stereocenters. The van der Waals surface area contributed by atoms with Gasteiger partial charge in [-0.1, -0.05) is 35.4 Å². The summed E-state index contributed by atoms with van der Waals surface area (Å²) in [4.78, 5) is 22.4. The zero-order chi connectivity index (χ0) is 29.7. The number of carbonyl (C=O) groups excluding carboxylic acids is 1. The molecule has 2 heterocycles. The van der Waals surface area contributed by atoms with Gasteiger partial charge in [0.15, 0.2) is 11.5 Å². The van der Waals surface area contributed by atoms with E-state index < -0.39 is 17.7 Å². The van der Waals surface area contributed by atoms with Crippen LogP contribution in [0.5, 0.6) is 0 Å². The standard InChI is InChI=1S/C13H14N2O3.C7H6F3N.C6H7NO4.CH4/c1-9-3-5-10(6-4-9)15-13(16)11-7-14-18-12(11)8-17-2;8-7(9,10)5-1-3-6(11)4-2-5;1-10-3-5-4(6(8)9)2-7-11-5;/h3-7H,8H2,1-2H3,(H,15,16);1-4H,11H2;2H,3H2,1H3,(H,8,9);1H4. The molecule has 0 bridgehead atoms. The lowest BCUT2D eigenvalue weighted by atomic mass is 10.2. The first-order valence-electron chi connectivity index (χ1n) is 11.3. The maximum Gasteiger partial charge on any atom is 0.416 e. The van der Waals surface area contributed by atoms with Crippen molar-refractivity contribution in [1.82, 2.24) is 10.3 Å². The number of hydrogen-bond donors (Lipinski definition) is 3. The molecule has 0 spiro atoms. The lowest BCUT2D eigenvalue weighted by Gasteiger charge is -2.05. The number of benzene rings is 2. The Morgan fingerprint density at radius 2 is 1.39 bits per heavy atom. The Morgan fingerprint density at radius 3 is 1.85 bits per heavy atom. The van der Waals surface area contributed by atoms with Crippen LogP contribution in [-0.2, 0) is 28.9 Å². The third-order valence-electron chi connectivity index (χ3n) is 4.86. The number of aromatic nitrogens is 2. The minimum atomic E-state index is -4.27. The number of methoxy groups -OCH3 is 2. The number of carboxylic acids is 1. The van der Waals surface area contributed by atoms with Crippen LogP contribution in [-0.4, -0.2) is 41.5 Å². The van der Waals surface area contributed by atoms with Crippen LogP contribution < -0.4 is 11.1 Å². The van der Waals surface area contributed by atoms with Crippen molar-refractivity contribution in [2.45, 2.75) is 33.7 Å². The summed E-state index contributed by atoms with van der Waals surface area (Å²) in [6.07, 6.45) is -1.73. The van der Waals surface area contributed by atoms with Crippen LogP contribution in [0.15, 0.2) is 70.0 Å². The lowest BCUT2D eigenvalue weighted by molar-refractivity contribution is -0.137. The number of carbonyl (C=O) groups is 2. The number of nitrogens with zero attached hydrogens (tertiary/aromatic N) is 2. The van der Waals surface area contributed by atoms with Crippen molar-refractivity contribution in [3.05, 3.63) is 94.7 Å². The highest BCUT2D eigenvalue weighted by Gasteiger charge is 2.29. The number of ether oxygens (including phenoxy) is 2. The predicted molar refractivity (Wildman–Crippen MR) is 143 cm³/mol. The maximum absolute atomic E-state index is 12.0. The number of carboxylic acid groups (broad SMARTS) is 1. The van der Waals surface area contributed by atoms with Crippen LogP contribution in [0.3, 0.4) is 0 Å². The Morgan fingerprint density at radius 1 is 0.902 bits per heavy atom. The molecule has 222 valence electrons. The van der Waals surface area contributed by atoms with E-state index in [0.717, 1.165) is 29.6 Å². The van der Waals surface area contributed by atoms with Gasteiger partial charge in [-0.2, -0.15) is 13.2 Å². The molecule has 2 aromatic carbocycles. The van der Waals surface area contributed by atoms with E-state index in [-0.39, 0.29) is 37.9 Å². The number of halogens is 3. The fraction of sp³-hybridized carbons (Fsp3) is 0.259. The number of aryl methyl sites for hydroxylation is 1. The van der Waals surface area contributed by atoms with Gasteiger partial charge in [0.2, 0.25) is 0 Å². The molecule has 0 saturated heterocycles. The molecule has 41 heavy (non-hydrogen) atoms. The Hall–Kier alpha value is -4.69. The van der Waals surface area contributed by atoms with Crippen LogP contribution in [0.2, 0.25) is 0 Å². The summed E-state index contributed by atoms with van der Waals surface area (Å²) >= 11 is 0. The minimum Gasteiger partial charge on any atom is -0.478 e. The van der Waals surface area contributed by atoms with Gasteiger partial charge >= 0.3 is 12.1 Å². The molecule has 4 N–H and O–H groups in total. The molecular formula is C27H31F3N4O7. The highest BCUT2D eigenvalue weighted by molar-refractivity contribution is 6.04. The van der Waals surface area contributed by atoms with Crippen molar-refractivity contribution < 1.29 is 46.4 Å². The monoisotopic (exact) mass is 580 g/mol. The van der Waals surface area contributed by atoms with E-state index in [1.54, 1.807) is 0 Å². The van der Waals surface area contributed by atoms with Crippen molar-refractivity contribution in [3.8, 4) is 0 Å². The third-order valence-corrected chi connectivity index (χ3v) is 4.86. The predicted octanol–water partition coefficient (Wildman–Crippen LogP) is 5.82. The number of aromatic carboxylic acids is 1. The van der Waals surface area contributed by atoms with Gasteiger partial charge in [0.1, 0.15) is 24.3 Å². The van der Waals surface area contributed by atoms with Crippen LogP contribution in [0.4, 0.5) is 24.5 Å². The molecule has 0 atom stereocenters. The van der Waals surface area contributed by atoms with E-state index >= 15 is 0 Å². The quantitative estimate of drug-likeness (QED) is 0.227. The summed E-state index contributed by atoms with van der Waals surface area (Å²) in [5.74, 6) is -0.660. The fourth-order valence-corrected chi connectivity index (χ4v) is 2.87. The van der Waals surface area contributed by atoms with Gasteiger partial charge in [-0.15, -0.1) is 0 Å². The zero-order valence-corrected chi connectivity index (χ0v) is 21.7. The number of hydrogen-bond acceptors (Lipinski definition) is 9. The van der Waals surface area contributed by atoms with E-state index in [4.69, 9.17) is 20.1 Å². The van der Waals surface area contributed by atoms with E-state index in [0.29, 0.717) is 17.0 Å². The third kappa shape index (κ3) is 11.1. The van der Waals surface area contributed by atoms with Crippen molar-refractivity contribution in [2.24, 2.45) is 0 Å². The number of amides is 1. The van der Waals surface area contributed by atoms with E-state index in [1.807, 2.05) is 31.2 Å². The highest BCUT2D eigenvalue weighted by Crippen LogP contribution is 2.29. The minimum absolute atomic E-state index is 0. The van der Waals surface area contributed by atoms with Gasteiger partial charge in [-0.05, 0) is 43.3 Å². The average molecular weight is 581 g/mol. The molecule has 11 nitrogen and oxygen atoms in total. The van der Waals surface area contributed by atoms with Crippen molar-refractivity contribution in [1.29, 1.82) is 0 Å². The van der Waals surface area contributed by atoms with Crippen LogP contribution in [0.25, 0.3) is 0 Å². The van der Waals surface area contributed by atoms with E-state index in [9.17, 15) is 22.8 Å². The normalized spacial score (nSPS) is 10.3. The molecule has 0 aliphatic heterocycles. The molecule has 0 aliphatic rings. The van der Waals surface area contributed by atoms with Crippen LogP contribution in [0.1, 0.15) is 50.8 Å². The zero-order valence-electron chi connectivity index (χ0n) is 21.7. The van der Waals surface area contributed by atoms with Gasteiger partial charge < -0.3 is 34.7 Å². The molecule has 4 rings (SSSR count). The summed E-state index contributed by atoms with van der Waals surface area (Å²) in [5, 5.41) is 18.2. The number of anilines is 2. The average Bonchev–Trinajstić information content (AvgIpc) is 3.56. The van der Waals surface area contributed by atoms with Gasteiger partial charge in [-0.25, -0.2) is 4.79 Å². The summed E-state index contributed by atoms with van der Waals surface area (Å²) in [6.45, 7) is 2.33. The first-order valence-corrected chi connectivity index (χ1v) is 11.3. The molecular weight excluding hydrogens is 549 g/mol. The molecule has 0 saturated carbocycles. The molecule has 0 radical (unpaired) electrons. The Bertz CT molecular complexity index is 1350. The largest absolute Gasteiger partial charge is 0.478 e. The molecule has 2 aromatic heterocycles. The van der Waals surface area contributed by atoms with E-state index in [2.05, 4.69) is 24.9 Å². The second kappa shape index (κ2) is 16.4. The topological polar surface area (TPSA) is 163 Å². The van der Waals surface area contributed by atoms with Crippen molar-refractivity contribution >= 4 is 23.3 Å². The van der Waals surface area contributed by atoms with Gasteiger partial charge in [-0.3, -0.25) is 4.79 Å². The highest BCUT2D eigenvalue weighted by atomic mass is 19.4. The molecule has 0 fully saturated rings. The Kier molecular flexibility index (Phi) is 13.8. The number of nitrogens with two attached hydrogens (primary N) is 1. The summed E-state index contributed by atoms with van der Waals surface area (Å²) < 4.78 is 54.8. The van der Waals surface area contributed by atoms with Gasteiger partial charge in [0, 0.05) is 25.6 Å². The maximum atomic E-state index is 12.0. The Labute approximate surface area is 234 Å². The Balaban J connectivity index is 0.000000320. The second-order valence-corrected chi connectivity index (χ2v) is 7.94. The summed E-state index contributed by atoms with van der Waals surface area (Å²) in [6, 6.07) is 11.9. The molecule has 1 amide bonds. The number of rotatable bonds is 7. The number of nitrogen functional groups attached to an aromatic ring is 1. The van der Waals surface area contributed by atoms with Crippen molar-refractivity contribution in [3.63, 3.8) is 0 Å². The van der Waals surface area contributed by atoms with E-state index in [1.165, 1.54) is 32.5 Å². The fourth-order valence-electron chi connectivity index (χ4n) is 2.87. The molecule has 0 aliphatic carbocycles. The summed E-state index contributed by atoms with van der Waals surface area (Å²) in [7, 11) is 2.98. The van der Waals surface area contributed by atoms with Crippen LogP contribution in [0, 0.1) is 6.92 Å². The second-order valence-electron chi connectivity index (χ2n) is 7.94. The number of alkyl halides is 3. The molecule has 14 heteroatoms. The summed E-state index contributed by atoms with van der Waals surface area (Å²) in [5.41, 5.74) is 7.16. The molecule has 4 aromatic rings. The van der Waals surface area contributed by atoms with Gasteiger partial charge in [0.25, 0.3) is 5.91 Å². The smallest absolute Gasteiger partial charge is 0.416 e.